The number of phenols is 1. The van der Waals surface area contributed by atoms with Crippen LogP contribution < -0.4 is 4.90 Å². The Bertz CT molecular complexity index is 333. The Labute approximate surface area is 98.3 Å². The van der Waals surface area contributed by atoms with Crippen molar-refractivity contribution in [2.24, 2.45) is 0 Å². The lowest BCUT2D eigenvalue weighted by molar-refractivity contribution is 0.386. The van der Waals surface area contributed by atoms with Crippen molar-refractivity contribution in [1.82, 2.24) is 4.90 Å². The van der Waals surface area contributed by atoms with Crippen molar-refractivity contribution in [2.75, 3.05) is 32.1 Å². The molecule has 0 saturated carbocycles. The molecule has 0 saturated heterocycles. The van der Waals surface area contributed by atoms with E-state index in [1.54, 1.807) is 0 Å². The maximum Gasteiger partial charge on any atom is 0.122 e. The summed E-state index contributed by atoms with van der Waals surface area (Å²) in [6.45, 7) is 6.93. The van der Waals surface area contributed by atoms with E-state index >= 15 is 0 Å². The number of anilines is 1. The summed E-state index contributed by atoms with van der Waals surface area (Å²) in [6, 6.07) is 5.93. The Kier molecular flexibility index (Phi) is 4.62. The highest BCUT2D eigenvalue weighted by atomic mass is 16.3. The highest BCUT2D eigenvalue weighted by Gasteiger charge is 2.07. The van der Waals surface area contributed by atoms with Crippen LogP contribution in [0.1, 0.15) is 19.4 Å². The number of aromatic hydroxyl groups is 1. The van der Waals surface area contributed by atoms with Gasteiger partial charge < -0.3 is 14.9 Å². The van der Waals surface area contributed by atoms with E-state index in [1.807, 2.05) is 31.1 Å². The molecule has 0 aliphatic heterocycles. The molecule has 0 unspecified atom stereocenters. The Balaban J connectivity index is 2.89. The van der Waals surface area contributed by atoms with Crippen molar-refractivity contribution in [1.29, 1.82) is 0 Å². The summed E-state index contributed by atoms with van der Waals surface area (Å²) in [4.78, 5) is 4.27. The number of nitrogens with zero attached hydrogens (tertiary/aromatic N) is 2. The van der Waals surface area contributed by atoms with Crippen LogP contribution in [0.5, 0.6) is 5.75 Å². The predicted octanol–water partition coefficient (Wildman–Crippen LogP) is 2.30. The number of hydrogen-bond acceptors (Lipinski definition) is 3. The largest absolute Gasteiger partial charge is 0.508 e. The van der Waals surface area contributed by atoms with Gasteiger partial charge in [0.1, 0.15) is 5.75 Å². The van der Waals surface area contributed by atoms with Crippen LogP contribution in [0.4, 0.5) is 5.69 Å². The zero-order valence-electron chi connectivity index (χ0n) is 10.7. The van der Waals surface area contributed by atoms with Crippen molar-refractivity contribution < 1.29 is 5.11 Å². The first-order valence-corrected chi connectivity index (χ1v) is 5.80. The van der Waals surface area contributed by atoms with Crippen LogP contribution in [0.3, 0.4) is 0 Å². The van der Waals surface area contributed by atoms with Gasteiger partial charge in [0.25, 0.3) is 0 Å². The van der Waals surface area contributed by atoms with Crippen molar-refractivity contribution in [3.63, 3.8) is 0 Å². The molecular weight excluding hydrogens is 200 g/mol. The summed E-state index contributed by atoms with van der Waals surface area (Å²) >= 11 is 0. The van der Waals surface area contributed by atoms with Gasteiger partial charge in [0, 0.05) is 37.0 Å². The summed E-state index contributed by atoms with van der Waals surface area (Å²) in [6.07, 6.45) is 0. The Hall–Kier alpha value is -1.22. The average Bonchev–Trinajstić information content (AvgIpc) is 2.23. The highest BCUT2D eigenvalue weighted by Crippen LogP contribution is 2.25. The smallest absolute Gasteiger partial charge is 0.122 e. The standard InChI is InChI=1S/C13H22N2O/c1-5-15(6-2)12-8-7-11(10-14(3)4)13(16)9-12/h7-9,16H,5-6,10H2,1-4H3. The van der Waals surface area contributed by atoms with Crippen LogP contribution in [-0.2, 0) is 6.54 Å². The Morgan fingerprint density at radius 2 is 1.75 bits per heavy atom. The lowest BCUT2D eigenvalue weighted by atomic mass is 10.1. The molecule has 0 aliphatic rings. The van der Waals surface area contributed by atoms with E-state index in [9.17, 15) is 5.11 Å². The molecule has 0 atom stereocenters. The number of rotatable bonds is 5. The van der Waals surface area contributed by atoms with E-state index in [0.29, 0.717) is 5.75 Å². The molecule has 0 spiro atoms. The summed E-state index contributed by atoms with van der Waals surface area (Å²) in [5.41, 5.74) is 2.06. The fourth-order valence-corrected chi connectivity index (χ4v) is 1.81. The van der Waals surface area contributed by atoms with E-state index in [4.69, 9.17) is 0 Å². The van der Waals surface area contributed by atoms with Crippen molar-refractivity contribution in [2.45, 2.75) is 20.4 Å². The summed E-state index contributed by atoms with van der Waals surface area (Å²) in [5, 5.41) is 9.93. The summed E-state index contributed by atoms with van der Waals surface area (Å²) in [7, 11) is 4.00. The summed E-state index contributed by atoms with van der Waals surface area (Å²) < 4.78 is 0. The monoisotopic (exact) mass is 222 g/mol. The minimum absolute atomic E-state index is 0.387. The molecule has 1 rings (SSSR count). The molecule has 16 heavy (non-hydrogen) atoms. The molecule has 0 amide bonds. The Morgan fingerprint density at radius 1 is 1.12 bits per heavy atom. The molecule has 3 nitrogen and oxygen atoms in total. The van der Waals surface area contributed by atoms with E-state index < -0.39 is 0 Å². The minimum Gasteiger partial charge on any atom is -0.508 e. The third-order valence-corrected chi connectivity index (χ3v) is 2.68. The van der Waals surface area contributed by atoms with Crippen LogP contribution in [0.25, 0.3) is 0 Å². The van der Waals surface area contributed by atoms with Crippen molar-refractivity contribution in [3.05, 3.63) is 23.8 Å². The van der Waals surface area contributed by atoms with Crippen LogP contribution in [0.2, 0.25) is 0 Å². The van der Waals surface area contributed by atoms with Gasteiger partial charge in [-0.05, 0) is 34.0 Å². The lowest BCUT2D eigenvalue weighted by Gasteiger charge is -2.22. The molecule has 0 aromatic heterocycles. The maximum atomic E-state index is 9.93. The molecule has 0 radical (unpaired) electrons. The summed E-state index contributed by atoms with van der Waals surface area (Å²) in [5.74, 6) is 0.387. The van der Waals surface area contributed by atoms with Crippen molar-refractivity contribution >= 4 is 5.69 Å². The number of hydrogen-bond donors (Lipinski definition) is 1. The minimum atomic E-state index is 0.387. The average molecular weight is 222 g/mol. The van der Waals surface area contributed by atoms with Gasteiger partial charge in [0.05, 0.1) is 0 Å². The van der Waals surface area contributed by atoms with Crippen molar-refractivity contribution in [3.8, 4) is 5.75 Å². The second-order valence-electron chi connectivity index (χ2n) is 4.22. The second-order valence-corrected chi connectivity index (χ2v) is 4.22. The van der Waals surface area contributed by atoms with Gasteiger partial charge in [0.15, 0.2) is 0 Å². The first kappa shape index (κ1) is 12.8. The molecule has 1 N–H and O–H groups in total. The highest BCUT2D eigenvalue weighted by molar-refractivity contribution is 5.53. The van der Waals surface area contributed by atoms with Gasteiger partial charge in [0.2, 0.25) is 0 Å². The van der Waals surface area contributed by atoms with Gasteiger partial charge in [-0.25, -0.2) is 0 Å². The first-order valence-electron chi connectivity index (χ1n) is 5.80. The second kappa shape index (κ2) is 5.75. The van der Waals surface area contributed by atoms with Gasteiger partial charge in [-0.15, -0.1) is 0 Å². The normalized spacial score (nSPS) is 10.8. The Morgan fingerprint density at radius 3 is 2.19 bits per heavy atom. The van der Waals surface area contributed by atoms with E-state index in [-0.39, 0.29) is 0 Å². The molecule has 1 aromatic rings. The fourth-order valence-electron chi connectivity index (χ4n) is 1.81. The number of benzene rings is 1. The zero-order chi connectivity index (χ0) is 12.1. The quantitative estimate of drug-likeness (QED) is 0.828. The molecule has 0 heterocycles. The molecule has 0 bridgehead atoms. The SMILES string of the molecule is CCN(CC)c1ccc(CN(C)C)c(O)c1. The van der Waals surface area contributed by atoms with Gasteiger partial charge in [-0.2, -0.15) is 0 Å². The molecule has 0 fully saturated rings. The third-order valence-electron chi connectivity index (χ3n) is 2.68. The van der Waals surface area contributed by atoms with E-state index in [2.05, 4.69) is 24.8 Å². The lowest BCUT2D eigenvalue weighted by Crippen LogP contribution is -2.21. The van der Waals surface area contributed by atoms with Crippen LogP contribution >= 0.6 is 0 Å². The topological polar surface area (TPSA) is 26.7 Å². The van der Waals surface area contributed by atoms with Gasteiger partial charge in [-0.1, -0.05) is 6.07 Å². The zero-order valence-corrected chi connectivity index (χ0v) is 10.7. The molecule has 3 heteroatoms. The van der Waals surface area contributed by atoms with E-state index in [0.717, 1.165) is 30.9 Å². The molecule has 0 aliphatic carbocycles. The number of phenolic OH excluding ortho intramolecular Hbond substituents is 1. The van der Waals surface area contributed by atoms with Crippen LogP contribution in [-0.4, -0.2) is 37.2 Å². The molecule has 90 valence electrons. The predicted molar refractivity (Wildman–Crippen MR) is 69.1 cm³/mol. The van der Waals surface area contributed by atoms with Gasteiger partial charge in [-0.3, -0.25) is 0 Å². The fraction of sp³-hybridized carbons (Fsp3) is 0.538. The van der Waals surface area contributed by atoms with Crippen LogP contribution in [0.15, 0.2) is 18.2 Å². The molecular formula is C13H22N2O. The maximum absolute atomic E-state index is 9.93. The third kappa shape index (κ3) is 3.14. The molecule has 1 aromatic carbocycles. The first-order chi connectivity index (χ1) is 7.58. The van der Waals surface area contributed by atoms with E-state index in [1.165, 1.54) is 0 Å². The van der Waals surface area contributed by atoms with Crippen LogP contribution in [0, 0.1) is 0 Å². The van der Waals surface area contributed by atoms with Gasteiger partial charge >= 0.3 is 0 Å².